The molecule has 1 aliphatic heterocycles. The Labute approximate surface area is 164 Å². The fourth-order valence-electron chi connectivity index (χ4n) is 2.99. The molecule has 1 aliphatic rings. The van der Waals surface area contributed by atoms with E-state index in [0.29, 0.717) is 23.8 Å². The average Bonchev–Trinajstić information content (AvgIpc) is 2.92. The molecule has 0 bridgehead atoms. The van der Waals surface area contributed by atoms with E-state index in [1.165, 1.54) is 17.0 Å². The van der Waals surface area contributed by atoms with E-state index in [0.717, 1.165) is 13.0 Å². The standard InChI is InChI=1S/C17H25F2N3O3S2/c1-21(2)9-3-10-22(14-8-11-27(23,24)12-14)17(26)20-13-4-6-15(7-5-13)25-16(18)19/h4-7,14,16H,3,8-12H2,1-2H3,(H,20,26)/p+1/t14-/m0/s1. The van der Waals surface area contributed by atoms with Crippen LogP contribution in [-0.2, 0) is 9.84 Å². The summed E-state index contributed by atoms with van der Waals surface area (Å²) in [6.45, 7) is -1.27. The van der Waals surface area contributed by atoms with E-state index in [-0.39, 0.29) is 23.3 Å². The van der Waals surface area contributed by atoms with Crippen molar-refractivity contribution in [2.45, 2.75) is 25.5 Å². The molecular weight excluding hydrogens is 396 g/mol. The maximum atomic E-state index is 12.2. The van der Waals surface area contributed by atoms with Crippen molar-refractivity contribution >= 4 is 32.9 Å². The number of hydrogen-bond acceptors (Lipinski definition) is 4. The second kappa shape index (κ2) is 9.61. The number of nitrogens with one attached hydrogen (secondary N) is 2. The summed E-state index contributed by atoms with van der Waals surface area (Å²) in [7, 11) is 1.09. The van der Waals surface area contributed by atoms with Gasteiger partial charge in [-0.05, 0) is 42.9 Å². The van der Waals surface area contributed by atoms with Crippen molar-refractivity contribution in [3.8, 4) is 5.75 Å². The van der Waals surface area contributed by atoms with Gasteiger partial charge in [-0.15, -0.1) is 0 Å². The fraction of sp³-hybridized carbons (Fsp3) is 0.588. The number of ether oxygens (including phenoxy) is 1. The highest BCUT2D eigenvalue weighted by atomic mass is 32.2. The lowest BCUT2D eigenvalue weighted by Gasteiger charge is -2.31. The summed E-state index contributed by atoms with van der Waals surface area (Å²) in [6.07, 6.45) is 1.43. The van der Waals surface area contributed by atoms with Crippen LogP contribution < -0.4 is 15.0 Å². The van der Waals surface area contributed by atoms with E-state index in [9.17, 15) is 17.2 Å². The van der Waals surface area contributed by atoms with Gasteiger partial charge in [0.25, 0.3) is 0 Å². The Morgan fingerprint density at radius 3 is 2.56 bits per heavy atom. The number of quaternary nitrogens is 1. The maximum absolute atomic E-state index is 12.2. The van der Waals surface area contributed by atoms with Crippen molar-refractivity contribution in [1.82, 2.24) is 4.90 Å². The van der Waals surface area contributed by atoms with Gasteiger partial charge in [0.1, 0.15) is 5.75 Å². The molecule has 10 heteroatoms. The summed E-state index contributed by atoms with van der Waals surface area (Å²) in [4.78, 5) is 3.24. The Hall–Kier alpha value is -1.52. The predicted molar refractivity (Wildman–Crippen MR) is 105 cm³/mol. The average molecular weight is 423 g/mol. The van der Waals surface area contributed by atoms with E-state index in [1.54, 1.807) is 12.1 Å². The Morgan fingerprint density at radius 2 is 2.04 bits per heavy atom. The highest BCUT2D eigenvalue weighted by molar-refractivity contribution is 7.91. The lowest BCUT2D eigenvalue weighted by Crippen LogP contribution is -3.05. The summed E-state index contributed by atoms with van der Waals surface area (Å²) < 4.78 is 52.5. The van der Waals surface area contributed by atoms with Crippen LogP contribution in [0.25, 0.3) is 0 Å². The lowest BCUT2D eigenvalue weighted by atomic mass is 10.2. The van der Waals surface area contributed by atoms with E-state index in [1.807, 2.05) is 4.90 Å². The fourth-order valence-corrected chi connectivity index (χ4v) is 5.08. The molecule has 2 N–H and O–H groups in total. The van der Waals surface area contributed by atoms with E-state index >= 15 is 0 Å². The minimum absolute atomic E-state index is 0.0640. The first-order valence-corrected chi connectivity index (χ1v) is 11.0. The molecule has 0 saturated carbocycles. The van der Waals surface area contributed by atoms with Crippen LogP contribution >= 0.6 is 12.2 Å². The first-order valence-electron chi connectivity index (χ1n) is 8.78. The topological polar surface area (TPSA) is 63.1 Å². The summed E-state index contributed by atoms with van der Waals surface area (Å²) in [5.74, 6) is 0.342. The Bertz CT molecular complexity index is 727. The highest BCUT2D eigenvalue weighted by Crippen LogP contribution is 2.21. The van der Waals surface area contributed by atoms with Crippen molar-refractivity contribution in [2.75, 3.05) is 44.0 Å². The summed E-state index contributed by atoms with van der Waals surface area (Å²) >= 11 is 5.51. The zero-order valence-corrected chi connectivity index (χ0v) is 17.1. The zero-order valence-electron chi connectivity index (χ0n) is 15.5. The molecule has 0 amide bonds. The minimum atomic E-state index is -3.03. The maximum Gasteiger partial charge on any atom is 0.387 e. The zero-order chi connectivity index (χ0) is 20.0. The molecule has 27 heavy (non-hydrogen) atoms. The first kappa shape index (κ1) is 21.8. The highest BCUT2D eigenvalue weighted by Gasteiger charge is 2.33. The van der Waals surface area contributed by atoms with Crippen LogP contribution in [0.15, 0.2) is 24.3 Å². The van der Waals surface area contributed by atoms with Gasteiger partial charge in [-0.1, -0.05) is 0 Å². The molecule has 1 heterocycles. The van der Waals surface area contributed by atoms with Gasteiger partial charge in [-0.2, -0.15) is 8.78 Å². The van der Waals surface area contributed by atoms with Crippen molar-refractivity contribution in [1.29, 1.82) is 0 Å². The predicted octanol–water partition coefficient (Wildman–Crippen LogP) is 1.01. The van der Waals surface area contributed by atoms with E-state index < -0.39 is 16.4 Å². The smallest absolute Gasteiger partial charge is 0.387 e. The SMILES string of the molecule is C[NH+](C)CCCN(C(=S)Nc1ccc(OC(F)F)cc1)[C@H]1CCS(=O)(=O)C1. The molecule has 1 fully saturated rings. The quantitative estimate of drug-likeness (QED) is 0.610. The number of thiocarbonyl (C=S) groups is 1. The van der Waals surface area contributed by atoms with Crippen molar-refractivity contribution in [3.63, 3.8) is 0 Å². The van der Waals surface area contributed by atoms with Crippen molar-refractivity contribution < 1.29 is 26.8 Å². The van der Waals surface area contributed by atoms with Gasteiger partial charge in [0.05, 0.1) is 32.1 Å². The Kier molecular flexibility index (Phi) is 7.75. The van der Waals surface area contributed by atoms with Crippen molar-refractivity contribution in [3.05, 3.63) is 24.3 Å². The van der Waals surface area contributed by atoms with E-state index in [4.69, 9.17) is 12.2 Å². The third-order valence-corrected chi connectivity index (χ3v) is 6.40. The van der Waals surface area contributed by atoms with Gasteiger partial charge < -0.3 is 19.9 Å². The molecule has 0 aromatic heterocycles. The van der Waals surface area contributed by atoms with Gasteiger partial charge in [-0.25, -0.2) is 8.42 Å². The molecule has 1 saturated heterocycles. The molecule has 0 unspecified atom stereocenters. The largest absolute Gasteiger partial charge is 0.435 e. The second-order valence-corrected chi connectivity index (χ2v) is 9.51. The normalized spacial score (nSPS) is 18.7. The lowest BCUT2D eigenvalue weighted by molar-refractivity contribution is -0.858. The minimum Gasteiger partial charge on any atom is -0.435 e. The number of hydrogen-bond donors (Lipinski definition) is 2. The molecule has 152 valence electrons. The third-order valence-electron chi connectivity index (χ3n) is 4.32. The monoisotopic (exact) mass is 422 g/mol. The summed E-state index contributed by atoms with van der Waals surface area (Å²) in [5, 5.41) is 3.52. The molecule has 0 radical (unpaired) electrons. The molecule has 1 atom stereocenters. The molecule has 1 aromatic carbocycles. The van der Waals surface area contributed by atoms with Gasteiger partial charge in [0.2, 0.25) is 0 Å². The molecule has 0 aliphatic carbocycles. The number of anilines is 1. The molecule has 6 nitrogen and oxygen atoms in total. The second-order valence-electron chi connectivity index (χ2n) is 6.89. The third kappa shape index (κ3) is 7.19. The Morgan fingerprint density at radius 1 is 1.37 bits per heavy atom. The van der Waals surface area contributed by atoms with Gasteiger partial charge in [0, 0.05) is 24.7 Å². The van der Waals surface area contributed by atoms with Crippen LogP contribution in [-0.4, -0.2) is 69.8 Å². The number of sulfone groups is 1. The van der Waals surface area contributed by atoms with Crippen LogP contribution in [0.1, 0.15) is 12.8 Å². The molecule has 0 spiro atoms. The van der Waals surface area contributed by atoms with Crippen LogP contribution in [0.2, 0.25) is 0 Å². The first-order chi connectivity index (χ1) is 12.7. The van der Waals surface area contributed by atoms with Crippen molar-refractivity contribution in [2.24, 2.45) is 0 Å². The van der Waals surface area contributed by atoms with E-state index in [2.05, 4.69) is 24.1 Å². The molecule has 2 rings (SSSR count). The van der Waals surface area contributed by atoms with Gasteiger partial charge >= 0.3 is 6.61 Å². The number of halogens is 2. The molecule has 1 aromatic rings. The number of rotatable bonds is 8. The number of nitrogens with zero attached hydrogens (tertiary/aromatic N) is 1. The summed E-state index contributed by atoms with van der Waals surface area (Å²) in [5.41, 5.74) is 0.630. The summed E-state index contributed by atoms with van der Waals surface area (Å²) in [6, 6.07) is 5.90. The number of benzene rings is 1. The van der Waals surface area contributed by atoms with Crippen LogP contribution in [0, 0.1) is 0 Å². The van der Waals surface area contributed by atoms with Crippen LogP contribution in [0.4, 0.5) is 14.5 Å². The van der Waals surface area contributed by atoms with Crippen LogP contribution in [0.5, 0.6) is 5.75 Å². The Balaban J connectivity index is 2.03. The number of alkyl halides is 2. The van der Waals surface area contributed by atoms with Gasteiger partial charge in [-0.3, -0.25) is 0 Å². The van der Waals surface area contributed by atoms with Gasteiger partial charge in [0.15, 0.2) is 14.9 Å². The van der Waals surface area contributed by atoms with Crippen LogP contribution in [0.3, 0.4) is 0 Å². The molecular formula is C17H26F2N3O3S2+.